The van der Waals surface area contributed by atoms with E-state index in [0.717, 1.165) is 30.4 Å². The molecule has 1 aromatic carbocycles. The number of hydrogen-bond donors (Lipinski definition) is 3. The smallest absolute Gasteiger partial charge is 0.407 e. The number of aliphatic hydroxyl groups excluding tert-OH is 2. The number of fused-ring (bicyclic) bond motifs is 1. The molecule has 1 heterocycles. The normalized spacial score (nSPS) is 24.6. The van der Waals surface area contributed by atoms with Crippen molar-refractivity contribution in [1.29, 1.82) is 0 Å². The van der Waals surface area contributed by atoms with E-state index in [4.69, 9.17) is 14.2 Å². The monoisotopic (exact) mass is 379 g/mol. The van der Waals surface area contributed by atoms with Gasteiger partial charge in [0.2, 0.25) is 6.79 Å². The molecule has 3 N–H and O–H groups in total. The Morgan fingerprint density at radius 1 is 1.26 bits per heavy atom. The molecule has 0 spiro atoms. The summed E-state index contributed by atoms with van der Waals surface area (Å²) in [4.78, 5) is 12.0. The van der Waals surface area contributed by atoms with Gasteiger partial charge in [-0.1, -0.05) is 6.42 Å². The third-order valence-electron chi connectivity index (χ3n) is 5.08. The first-order chi connectivity index (χ1) is 12.8. The fourth-order valence-corrected chi connectivity index (χ4v) is 3.79. The average molecular weight is 379 g/mol. The fraction of sp³-hybridized carbons (Fsp3) is 0.650. The SMILES string of the molecule is CC(C)(C)OC(=O)NCc1cc2c(cc1[C@@H]1CCC[C@H](CO)[C@@H]1O)OCO2. The molecule has 7 heteroatoms. The maximum atomic E-state index is 12.0. The zero-order chi connectivity index (χ0) is 19.6. The molecule has 3 rings (SSSR count). The van der Waals surface area contributed by atoms with Crippen LogP contribution in [-0.2, 0) is 11.3 Å². The first-order valence-electron chi connectivity index (χ1n) is 9.46. The lowest BCUT2D eigenvalue weighted by Crippen LogP contribution is -2.35. The molecule has 1 fully saturated rings. The molecule has 7 nitrogen and oxygen atoms in total. The van der Waals surface area contributed by atoms with Crippen LogP contribution in [0, 0.1) is 5.92 Å². The number of amides is 1. The molecule has 27 heavy (non-hydrogen) atoms. The van der Waals surface area contributed by atoms with E-state index in [-0.39, 0.29) is 31.8 Å². The number of alkyl carbamates (subject to hydrolysis) is 1. The standard InChI is InChI=1S/C20H29NO6/c1-20(2,3)27-19(24)21-9-13-7-16-17(26-11-25-16)8-15(13)14-6-4-5-12(10-22)18(14)23/h7-8,12,14,18,22-23H,4-6,9-11H2,1-3H3,(H,21,24)/t12-,14+,18+/m1/s1. The molecule has 1 aliphatic carbocycles. The van der Waals surface area contributed by atoms with Crippen LogP contribution in [0.5, 0.6) is 11.5 Å². The van der Waals surface area contributed by atoms with Gasteiger partial charge in [0.15, 0.2) is 11.5 Å². The number of nitrogens with one attached hydrogen (secondary N) is 1. The van der Waals surface area contributed by atoms with E-state index in [1.54, 1.807) is 0 Å². The van der Waals surface area contributed by atoms with Gasteiger partial charge in [-0.2, -0.15) is 0 Å². The zero-order valence-corrected chi connectivity index (χ0v) is 16.2. The summed E-state index contributed by atoms with van der Waals surface area (Å²) < 4.78 is 16.3. The third kappa shape index (κ3) is 4.65. The highest BCUT2D eigenvalue weighted by Crippen LogP contribution is 2.43. The first kappa shape index (κ1) is 19.8. The van der Waals surface area contributed by atoms with Crippen molar-refractivity contribution in [3.05, 3.63) is 23.3 Å². The van der Waals surface area contributed by atoms with Gasteiger partial charge in [0, 0.05) is 25.0 Å². The second kappa shape index (κ2) is 7.94. The molecule has 2 aliphatic rings. The fourth-order valence-electron chi connectivity index (χ4n) is 3.79. The van der Waals surface area contributed by atoms with Crippen molar-refractivity contribution in [3.63, 3.8) is 0 Å². The van der Waals surface area contributed by atoms with E-state index < -0.39 is 17.8 Å². The second-order valence-electron chi connectivity index (χ2n) is 8.23. The van der Waals surface area contributed by atoms with Crippen LogP contribution in [0.2, 0.25) is 0 Å². The number of rotatable bonds is 4. The summed E-state index contributed by atoms with van der Waals surface area (Å²) in [5.41, 5.74) is 1.20. The number of carbonyl (C=O) groups is 1. The molecule has 1 saturated carbocycles. The molecular weight excluding hydrogens is 350 g/mol. The van der Waals surface area contributed by atoms with Gasteiger partial charge in [0.1, 0.15) is 5.60 Å². The largest absolute Gasteiger partial charge is 0.454 e. The Balaban J connectivity index is 1.83. The second-order valence-corrected chi connectivity index (χ2v) is 8.23. The summed E-state index contributed by atoms with van der Waals surface area (Å²) in [5, 5.41) is 23.1. The first-order valence-corrected chi connectivity index (χ1v) is 9.46. The van der Waals surface area contributed by atoms with Gasteiger partial charge in [-0.05, 0) is 56.9 Å². The summed E-state index contributed by atoms with van der Waals surface area (Å²) in [6.45, 7) is 5.82. The molecule has 150 valence electrons. The maximum absolute atomic E-state index is 12.0. The Bertz CT molecular complexity index is 684. The molecule has 0 radical (unpaired) electrons. The van der Waals surface area contributed by atoms with Crippen molar-refractivity contribution >= 4 is 6.09 Å². The van der Waals surface area contributed by atoms with E-state index in [1.165, 1.54) is 0 Å². The maximum Gasteiger partial charge on any atom is 0.407 e. The summed E-state index contributed by atoms with van der Waals surface area (Å²) in [6, 6.07) is 3.74. The van der Waals surface area contributed by atoms with E-state index in [1.807, 2.05) is 32.9 Å². The lowest BCUT2D eigenvalue weighted by atomic mass is 9.74. The van der Waals surface area contributed by atoms with Crippen molar-refractivity contribution < 1.29 is 29.2 Å². The van der Waals surface area contributed by atoms with Gasteiger partial charge < -0.3 is 29.7 Å². The molecule has 1 amide bonds. The van der Waals surface area contributed by atoms with Crippen molar-refractivity contribution in [2.75, 3.05) is 13.4 Å². The van der Waals surface area contributed by atoms with Crippen molar-refractivity contribution in [2.45, 2.75) is 64.2 Å². The van der Waals surface area contributed by atoms with Crippen molar-refractivity contribution in [2.24, 2.45) is 5.92 Å². The molecule has 0 saturated heterocycles. The van der Waals surface area contributed by atoms with E-state index in [0.29, 0.717) is 11.5 Å². The number of ether oxygens (including phenoxy) is 3. The molecule has 3 atom stereocenters. The topological polar surface area (TPSA) is 97.3 Å². The number of carbonyl (C=O) groups excluding carboxylic acids is 1. The Kier molecular flexibility index (Phi) is 5.81. The third-order valence-corrected chi connectivity index (χ3v) is 5.08. The average Bonchev–Trinajstić information content (AvgIpc) is 3.05. The minimum absolute atomic E-state index is 0.0340. The molecule has 0 unspecified atom stereocenters. The Labute approximate surface area is 159 Å². The van der Waals surface area contributed by atoms with Crippen LogP contribution >= 0.6 is 0 Å². The lowest BCUT2D eigenvalue weighted by molar-refractivity contribution is 0.0188. The summed E-state index contributed by atoms with van der Waals surface area (Å²) in [5.74, 6) is 1.01. The van der Waals surface area contributed by atoms with Crippen molar-refractivity contribution in [1.82, 2.24) is 5.32 Å². The van der Waals surface area contributed by atoms with Crippen LogP contribution in [-0.4, -0.2) is 41.4 Å². The number of hydrogen-bond acceptors (Lipinski definition) is 6. The summed E-state index contributed by atoms with van der Waals surface area (Å²) in [7, 11) is 0. The number of aliphatic hydroxyl groups is 2. The summed E-state index contributed by atoms with van der Waals surface area (Å²) in [6.07, 6.45) is 1.43. The predicted molar refractivity (Wildman–Crippen MR) is 98.8 cm³/mol. The van der Waals surface area contributed by atoms with Gasteiger partial charge in [0.25, 0.3) is 0 Å². The number of benzene rings is 1. The Morgan fingerprint density at radius 3 is 2.63 bits per heavy atom. The van der Waals surface area contributed by atoms with Gasteiger partial charge in [-0.3, -0.25) is 0 Å². The van der Waals surface area contributed by atoms with Crippen LogP contribution in [0.4, 0.5) is 4.79 Å². The molecule has 1 aliphatic heterocycles. The molecule has 1 aromatic rings. The van der Waals surface area contributed by atoms with Gasteiger partial charge >= 0.3 is 6.09 Å². The minimum Gasteiger partial charge on any atom is -0.454 e. The molecule has 0 bridgehead atoms. The quantitative estimate of drug-likeness (QED) is 0.744. The Hall–Kier alpha value is -1.99. The van der Waals surface area contributed by atoms with E-state index in [2.05, 4.69) is 5.32 Å². The lowest BCUT2D eigenvalue weighted by Gasteiger charge is -2.35. The van der Waals surface area contributed by atoms with E-state index in [9.17, 15) is 15.0 Å². The van der Waals surface area contributed by atoms with Crippen molar-refractivity contribution in [3.8, 4) is 11.5 Å². The predicted octanol–water partition coefficient (Wildman–Crippen LogP) is 2.68. The van der Waals surface area contributed by atoms with Crippen LogP contribution in [0.25, 0.3) is 0 Å². The van der Waals surface area contributed by atoms with Crippen LogP contribution in [0.1, 0.15) is 57.1 Å². The van der Waals surface area contributed by atoms with Crippen LogP contribution < -0.4 is 14.8 Å². The highest BCUT2D eigenvalue weighted by atomic mass is 16.7. The minimum atomic E-state index is -0.635. The van der Waals surface area contributed by atoms with Crippen LogP contribution in [0.15, 0.2) is 12.1 Å². The van der Waals surface area contributed by atoms with Gasteiger partial charge in [0.05, 0.1) is 6.10 Å². The van der Waals surface area contributed by atoms with Gasteiger partial charge in [-0.25, -0.2) is 4.79 Å². The highest BCUT2D eigenvalue weighted by molar-refractivity contribution is 5.68. The highest BCUT2D eigenvalue weighted by Gasteiger charge is 2.34. The van der Waals surface area contributed by atoms with Crippen LogP contribution in [0.3, 0.4) is 0 Å². The Morgan fingerprint density at radius 2 is 1.96 bits per heavy atom. The van der Waals surface area contributed by atoms with Gasteiger partial charge in [-0.15, -0.1) is 0 Å². The molecule has 0 aromatic heterocycles. The summed E-state index contributed by atoms with van der Waals surface area (Å²) >= 11 is 0. The zero-order valence-electron chi connectivity index (χ0n) is 16.2. The molecular formula is C20H29NO6. The van der Waals surface area contributed by atoms with E-state index >= 15 is 0 Å².